The predicted molar refractivity (Wildman–Crippen MR) is 113 cm³/mol. The van der Waals surface area contributed by atoms with Gasteiger partial charge >= 0.3 is 0 Å². The van der Waals surface area contributed by atoms with Gasteiger partial charge in [-0.25, -0.2) is 10.9 Å². The zero-order valence-corrected chi connectivity index (χ0v) is 17.0. The lowest BCUT2D eigenvalue weighted by molar-refractivity contribution is -0.125. The first-order valence-corrected chi connectivity index (χ1v) is 10.1. The van der Waals surface area contributed by atoms with Gasteiger partial charge in [0.15, 0.2) is 0 Å². The molecule has 9 heteroatoms. The molecule has 0 bridgehead atoms. The number of para-hydroxylation sites is 2. The lowest BCUT2D eigenvalue weighted by Crippen LogP contribution is -2.64. The maximum Gasteiger partial charge on any atom is 0.240 e. The van der Waals surface area contributed by atoms with Gasteiger partial charge < -0.3 is 20.1 Å². The van der Waals surface area contributed by atoms with Crippen LogP contribution in [0.1, 0.15) is 5.56 Å². The first-order chi connectivity index (χ1) is 14.1. The molecule has 2 unspecified atom stereocenters. The topological polar surface area (TPSA) is 101 Å². The van der Waals surface area contributed by atoms with Gasteiger partial charge in [0.2, 0.25) is 11.8 Å². The van der Waals surface area contributed by atoms with Crippen molar-refractivity contribution in [2.24, 2.45) is 0 Å². The first-order valence-electron chi connectivity index (χ1n) is 9.08. The van der Waals surface area contributed by atoms with Gasteiger partial charge in [-0.1, -0.05) is 24.3 Å². The van der Waals surface area contributed by atoms with Crippen LogP contribution in [0.2, 0.25) is 0 Å². The molecule has 0 saturated carbocycles. The van der Waals surface area contributed by atoms with E-state index in [1.807, 2.05) is 36.4 Å². The molecule has 0 spiro atoms. The van der Waals surface area contributed by atoms with Crippen molar-refractivity contribution in [3.05, 3.63) is 54.1 Å². The minimum atomic E-state index is -0.405. The highest BCUT2D eigenvalue weighted by Gasteiger charge is 2.27. The molecule has 0 aromatic heterocycles. The lowest BCUT2D eigenvalue weighted by atomic mass is 10.1. The molecule has 1 saturated heterocycles. The molecule has 1 heterocycles. The summed E-state index contributed by atoms with van der Waals surface area (Å²) in [5, 5.41) is 5.68. The Morgan fingerprint density at radius 3 is 2.52 bits per heavy atom. The van der Waals surface area contributed by atoms with Crippen LogP contribution in [0.25, 0.3) is 0 Å². The molecule has 8 nitrogen and oxygen atoms in total. The molecule has 29 heavy (non-hydrogen) atoms. The van der Waals surface area contributed by atoms with E-state index in [0.717, 1.165) is 11.3 Å². The number of hydrogen-bond acceptors (Lipinski definition) is 7. The van der Waals surface area contributed by atoms with Crippen molar-refractivity contribution < 1.29 is 19.1 Å². The molecule has 4 N–H and O–H groups in total. The second kappa shape index (κ2) is 10.1. The van der Waals surface area contributed by atoms with E-state index in [9.17, 15) is 9.59 Å². The number of amides is 2. The van der Waals surface area contributed by atoms with Crippen molar-refractivity contribution in [1.29, 1.82) is 0 Å². The minimum Gasteiger partial charge on any atom is -0.497 e. The van der Waals surface area contributed by atoms with Crippen LogP contribution >= 0.6 is 11.8 Å². The summed E-state index contributed by atoms with van der Waals surface area (Å²) in [5.41, 5.74) is 7.28. The van der Waals surface area contributed by atoms with Crippen LogP contribution < -0.4 is 31.0 Å². The number of hydrazine groups is 1. The molecule has 1 fully saturated rings. The van der Waals surface area contributed by atoms with Crippen LogP contribution in [-0.2, 0) is 16.0 Å². The number of benzene rings is 2. The summed E-state index contributed by atoms with van der Waals surface area (Å²) in [6, 6.07) is 14.4. The molecule has 1 aliphatic rings. The van der Waals surface area contributed by atoms with Gasteiger partial charge in [0.25, 0.3) is 0 Å². The van der Waals surface area contributed by atoms with Crippen molar-refractivity contribution in [1.82, 2.24) is 16.2 Å². The summed E-state index contributed by atoms with van der Waals surface area (Å²) in [7, 11) is 3.17. The Hall–Kier alpha value is -2.75. The van der Waals surface area contributed by atoms with Crippen LogP contribution in [0, 0.1) is 0 Å². The van der Waals surface area contributed by atoms with E-state index in [2.05, 4.69) is 21.5 Å². The van der Waals surface area contributed by atoms with Gasteiger partial charge in [-0.15, -0.1) is 11.8 Å². The van der Waals surface area contributed by atoms with Crippen LogP contribution in [0.3, 0.4) is 0 Å². The molecule has 2 aromatic carbocycles. The maximum atomic E-state index is 12.4. The quantitative estimate of drug-likeness (QED) is 0.517. The fourth-order valence-electron chi connectivity index (χ4n) is 2.83. The van der Waals surface area contributed by atoms with E-state index in [-0.39, 0.29) is 17.6 Å². The fourth-order valence-corrected chi connectivity index (χ4v) is 3.57. The summed E-state index contributed by atoms with van der Waals surface area (Å²) >= 11 is 1.28. The fraction of sp³-hybridized carbons (Fsp3) is 0.300. The van der Waals surface area contributed by atoms with E-state index >= 15 is 0 Å². The molecule has 3 rings (SSSR count). The second-order valence-electron chi connectivity index (χ2n) is 6.34. The standard InChI is InChI=1S/C20H24N4O4S/c1-27-14-9-7-13(8-10-14)11-16-19(26)22-20(24-23-16)29-12-18(25)21-15-5-3-4-6-17(15)28-2/h3-10,16,20,23-24H,11-12H2,1-2H3,(H,21,25)(H,22,26). The molecule has 2 amide bonds. The van der Waals surface area contributed by atoms with Crippen molar-refractivity contribution in [3.8, 4) is 11.5 Å². The van der Waals surface area contributed by atoms with Crippen molar-refractivity contribution in [2.75, 3.05) is 25.3 Å². The molecule has 154 valence electrons. The van der Waals surface area contributed by atoms with Crippen molar-refractivity contribution in [2.45, 2.75) is 18.0 Å². The Balaban J connectivity index is 1.44. The largest absolute Gasteiger partial charge is 0.497 e. The normalized spacial score (nSPS) is 18.6. The number of carbonyl (C=O) groups excluding carboxylic acids is 2. The van der Waals surface area contributed by atoms with Gasteiger partial charge in [-0.3, -0.25) is 9.59 Å². The van der Waals surface area contributed by atoms with E-state index < -0.39 is 11.5 Å². The average molecular weight is 417 g/mol. The van der Waals surface area contributed by atoms with Crippen LogP contribution in [0.5, 0.6) is 11.5 Å². The highest BCUT2D eigenvalue weighted by atomic mass is 32.2. The number of methoxy groups -OCH3 is 2. The third-order valence-electron chi connectivity index (χ3n) is 4.34. The summed E-state index contributed by atoms with van der Waals surface area (Å²) < 4.78 is 10.4. The van der Waals surface area contributed by atoms with Crippen LogP contribution in [0.15, 0.2) is 48.5 Å². The number of nitrogens with one attached hydrogen (secondary N) is 4. The van der Waals surface area contributed by atoms with Gasteiger partial charge in [-0.2, -0.15) is 0 Å². The number of rotatable bonds is 8. The Morgan fingerprint density at radius 2 is 1.83 bits per heavy atom. The van der Waals surface area contributed by atoms with Crippen LogP contribution in [0.4, 0.5) is 5.69 Å². The Labute approximate surface area is 173 Å². The predicted octanol–water partition coefficient (Wildman–Crippen LogP) is 1.49. The smallest absolute Gasteiger partial charge is 0.240 e. The maximum absolute atomic E-state index is 12.4. The molecule has 2 atom stereocenters. The van der Waals surface area contributed by atoms with Gasteiger partial charge in [0, 0.05) is 0 Å². The Kier molecular flexibility index (Phi) is 7.34. The summed E-state index contributed by atoms with van der Waals surface area (Å²) in [5.74, 6) is 1.23. The number of hydrogen-bond donors (Lipinski definition) is 4. The molecule has 0 aliphatic carbocycles. The molecule has 2 aromatic rings. The number of thioether (sulfide) groups is 1. The molecule has 1 aliphatic heterocycles. The van der Waals surface area contributed by atoms with Gasteiger partial charge in [0.05, 0.1) is 25.7 Å². The number of carbonyl (C=O) groups is 2. The summed E-state index contributed by atoms with van der Waals surface area (Å²) in [6.45, 7) is 0. The second-order valence-corrected chi connectivity index (χ2v) is 7.43. The summed E-state index contributed by atoms with van der Waals surface area (Å²) in [6.07, 6.45) is 0.536. The van der Waals surface area contributed by atoms with E-state index in [0.29, 0.717) is 17.9 Å². The zero-order chi connectivity index (χ0) is 20.6. The van der Waals surface area contributed by atoms with Gasteiger partial charge in [0.1, 0.15) is 23.0 Å². The van der Waals surface area contributed by atoms with E-state index in [1.165, 1.54) is 11.8 Å². The van der Waals surface area contributed by atoms with Gasteiger partial charge in [-0.05, 0) is 36.2 Å². The highest BCUT2D eigenvalue weighted by Crippen LogP contribution is 2.23. The monoisotopic (exact) mass is 416 g/mol. The van der Waals surface area contributed by atoms with Crippen LogP contribution in [-0.4, -0.2) is 43.3 Å². The zero-order valence-electron chi connectivity index (χ0n) is 16.2. The molecular formula is C20H24N4O4S. The molecule has 0 radical (unpaired) electrons. The van der Waals surface area contributed by atoms with E-state index in [4.69, 9.17) is 9.47 Å². The Bertz CT molecular complexity index is 847. The average Bonchev–Trinajstić information content (AvgIpc) is 2.75. The first kappa shape index (κ1) is 21.0. The van der Waals surface area contributed by atoms with Crippen molar-refractivity contribution >= 4 is 29.3 Å². The lowest BCUT2D eigenvalue weighted by Gasteiger charge is -2.31. The summed E-state index contributed by atoms with van der Waals surface area (Å²) in [4.78, 5) is 24.6. The molecular weight excluding hydrogens is 392 g/mol. The van der Waals surface area contributed by atoms with Crippen molar-refractivity contribution in [3.63, 3.8) is 0 Å². The third kappa shape index (κ3) is 5.86. The number of ether oxygens (including phenoxy) is 2. The minimum absolute atomic E-state index is 0.123. The highest BCUT2D eigenvalue weighted by molar-refractivity contribution is 8.00. The van der Waals surface area contributed by atoms with E-state index in [1.54, 1.807) is 26.4 Å². The SMILES string of the molecule is COc1ccc(CC2NNC(SCC(=O)Nc3ccccc3OC)NC2=O)cc1. The number of anilines is 1. The third-order valence-corrected chi connectivity index (χ3v) is 5.34. The Morgan fingerprint density at radius 1 is 1.07 bits per heavy atom.